The standard InChI is InChI=1S/C9H8N2O4S/c12-8-5-10-16(14,15)7-4-2-1-3-6(7)9(13)11-8/h1-4,10H,5H2,(H,11,12,13). The van der Waals surface area contributed by atoms with Crippen LogP contribution in [-0.4, -0.2) is 26.8 Å². The second-order valence-electron chi connectivity index (χ2n) is 3.20. The van der Waals surface area contributed by atoms with Crippen LogP contribution in [0.2, 0.25) is 0 Å². The van der Waals surface area contributed by atoms with E-state index < -0.39 is 28.4 Å². The van der Waals surface area contributed by atoms with E-state index in [-0.39, 0.29) is 10.5 Å². The first kappa shape index (κ1) is 10.8. The fourth-order valence-corrected chi connectivity index (χ4v) is 2.55. The van der Waals surface area contributed by atoms with Gasteiger partial charge in [-0.15, -0.1) is 0 Å². The molecule has 2 N–H and O–H groups in total. The zero-order valence-electron chi connectivity index (χ0n) is 8.06. The number of fused-ring (bicyclic) bond motifs is 1. The summed E-state index contributed by atoms with van der Waals surface area (Å²) in [5.41, 5.74) is -0.0388. The molecule has 0 bridgehead atoms. The summed E-state index contributed by atoms with van der Waals surface area (Å²) in [6.07, 6.45) is 0. The van der Waals surface area contributed by atoms with Crippen molar-refractivity contribution in [3.8, 4) is 0 Å². The van der Waals surface area contributed by atoms with Gasteiger partial charge in [-0.05, 0) is 12.1 Å². The van der Waals surface area contributed by atoms with Gasteiger partial charge in [0.2, 0.25) is 15.9 Å². The van der Waals surface area contributed by atoms with Crippen molar-refractivity contribution in [2.75, 3.05) is 6.54 Å². The fraction of sp³-hybridized carbons (Fsp3) is 0.111. The van der Waals surface area contributed by atoms with Crippen LogP contribution in [0.1, 0.15) is 10.4 Å². The van der Waals surface area contributed by atoms with Crippen molar-refractivity contribution in [2.24, 2.45) is 0 Å². The zero-order chi connectivity index (χ0) is 11.8. The highest BCUT2D eigenvalue weighted by molar-refractivity contribution is 7.89. The number of hydrogen-bond acceptors (Lipinski definition) is 4. The smallest absolute Gasteiger partial charge is 0.259 e. The van der Waals surface area contributed by atoms with Crippen LogP contribution in [0.3, 0.4) is 0 Å². The number of nitrogens with one attached hydrogen (secondary N) is 2. The van der Waals surface area contributed by atoms with Gasteiger partial charge in [0, 0.05) is 0 Å². The van der Waals surface area contributed by atoms with E-state index in [1.807, 2.05) is 0 Å². The maximum absolute atomic E-state index is 11.7. The van der Waals surface area contributed by atoms with Gasteiger partial charge in [-0.25, -0.2) is 13.1 Å². The Morgan fingerprint density at radius 2 is 1.81 bits per heavy atom. The summed E-state index contributed by atoms with van der Waals surface area (Å²) in [4.78, 5) is 22.5. The quantitative estimate of drug-likeness (QED) is 0.583. The average molecular weight is 240 g/mol. The molecule has 6 nitrogen and oxygen atoms in total. The molecule has 0 saturated heterocycles. The number of imide groups is 1. The fourth-order valence-electron chi connectivity index (χ4n) is 1.37. The Kier molecular flexibility index (Phi) is 2.49. The first-order chi connectivity index (χ1) is 7.50. The molecule has 0 aromatic heterocycles. The normalized spacial score (nSPS) is 19.2. The molecule has 1 aromatic rings. The van der Waals surface area contributed by atoms with Gasteiger partial charge in [0.1, 0.15) is 0 Å². The lowest BCUT2D eigenvalue weighted by molar-refractivity contribution is -0.119. The SMILES string of the molecule is O=C1CNS(=O)(=O)c2ccccc2C(=O)N1. The minimum atomic E-state index is -3.80. The molecule has 16 heavy (non-hydrogen) atoms. The lowest BCUT2D eigenvalue weighted by Gasteiger charge is -2.14. The molecule has 7 heteroatoms. The van der Waals surface area contributed by atoms with Crippen molar-refractivity contribution in [3.05, 3.63) is 29.8 Å². The van der Waals surface area contributed by atoms with Crippen LogP contribution in [0.4, 0.5) is 0 Å². The highest BCUT2D eigenvalue weighted by Gasteiger charge is 2.26. The topological polar surface area (TPSA) is 92.3 Å². The number of rotatable bonds is 0. The predicted molar refractivity (Wildman–Crippen MR) is 54.1 cm³/mol. The van der Waals surface area contributed by atoms with Crippen molar-refractivity contribution < 1.29 is 18.0 Å². The van der Waals surface area contributed by atoms with E-state index in [4.69, 9.17) is 0 Å². The van der Waals surface area contributed by atoms with Crippen molar-refractivity contribution in [2.45, 2.75) is 4.90 Å². The Labute approximate surface area is 91.7 Å². The molecule has 0 saturated carbocycles. The van der Waals surface area contributed by atoms with Crippen molar-refractivity contribution >= 4 is 21.8 Å². The molecule has 1 aromatic carbocycles. The van der Waals surface area contributed by atoms with E-state index in [0.29, 0.717) is 0 Å². The van der Waals surface area contributed by atoms with Gasteiger partial charge in [0.25, 0.3) is 5.91 Å². The molecule has 2 amide bonds. The summed E-state index contributed by atoms with van der Waals surface area (Å²) in [7, 11) is -3.80. The third-order valence-corrected chi connectivity index (χ3v) is 3.56. The Bertz CT molecular complexity index is 565. The molecule has 0 aliphatic carbocycles. The van der Waals surface area contributed by atoms with Gasteiger partial charge in [0.05, 0.1) is 17.0 Å². The summed E-state index contributed by atoms with van der Waals surface area (Å²) in [6, 6.07) is 5.70. The van der Waals surface area contributed by atoms with E-state index in [1.54, 1.807) is 0 Å². The summed E-state index contributed by atoms with van der Waals surface area (Å²) >= 11 is 0. The molecule has 2 rings (SSSR count). The van der Waals surface area contributed by atoms with Crippen LogP contribution in [0.25, 0.3) is 0 Å². The molecule has 0 atom stereocenters. The monoisotopic (exact) mass is 240 g/mol. The van der Waals surface area contributed by atoms with E-state index in [9.17, 15) is 18.0 Å². The van der Waals surface area contributed by atoms with Crippen LogP contribution >= 0.6 is 0 Å². The average Bonchev–Trinajstić information content (AvgIpc) is 2.25. The third kappa shape index (κ3) is 1.82. The minimum Gasteiger partial charge on any atom is -0.291 e. The lowest BCUT2D eigenvalue weighted by Crippen LogP contribution is -2.43. The number of hydrogen-bond donors (Lipinski definition) is 2. The predicted octanol–water partition coefficient (Wildman–Crippen LogP) is -0.765. The molecule has 0 radical (unpaired) electrons. The number of benzene rings is 1. The zero-order valence-corrected chi connectivity index (χ0v) is 8.87. The van der Waals surface area contributed by atoms with E-state index >= 15 is 0 Å². The van der Waals surface area contributed by atoms with Crippen LogP contribution in [0, 0.1) is 0 Å². The Balaban J connectivity index is 2.65. The van der Waals surface area contributed by atoms with Gasteiger partial charge in [-0.1, -0.05) is 12.1 Å². The molecule has 1 aliphatic rings. The number of carbonyl (C=O) groups is 2. The van der Waals surface area contributed by atoms with Gasteiger partial charge in [0.15, 0.2) is 0 Å². The summed E-state index contributed by atoms with van der Waals surface area (Å²) in [6.45, 7) is -0.442. The summed E-state index contributed by atoms with van der Waals surface area (Å²) < 4.78 is 25.5. The third-order valence-electron chi connectivity index (χ3n) is 2.10. The lowest BCUT2D eigenvalue weighted by atomic mass is 10.2. The van der Waals surface area contributed by atoms with Crippen molar-refractivity contribution in [1.29, 1.82) is 0 Å². The van der Waals surface area contributed by atoms with Gasteiger partial charge in [-0.3, -0.25) is 14.9 Å². The second-order valence-corrected chi connectivity index (χ2v) is 4.93. The first-order valence-electron chi connectivity index (χ1n) is 4.43. The van der Waals surface area contributed by atoms with E-state index in [0.717, 1.165) is 0 Å². The molecular formula is C9H8N2O4S. The van der Waals surface area contributed by atoms with Crippen LogP contribution in [-0.2, 0) is 14.8 Å². The molecule has 0 unspecified atom stereocenters. The molecule has 84 valence electrons. The van der Waals surface area contributed by atoms with E-state index in [1.165, 1.54) is 24.3 Å². The molecular weight excluding hydrogens is 232 g/mol. The summed E-state index contributed by atoms with van der Waals surface area (Å²) in [5, 5.41) is 2.07. The van der Waals surface area contributed by atoms with E-state index in [2.05, 4.69) is 10.0 Å². The van der Waals surface area contributed by atoms with Crippen LogP contribution < -0.4 is 10.0 Å². The molecule has 1 aliphatic heterocycles. The Morgan fingerprint density at radius 3 is 2.56 bits per heavy atom. The largest absolute Gasteiger partial charge is 0.291 e. The van der Waals surface area contributed by atoms with Crippen molar-refractivity contribution in [1.82, 2.24) is 10.0 Å². The minimum absolute atomic E-state index is 0.0388. The van der Waals surface area contributed by atoms with Gasteiger partial charge >= 0.3 is 0 Å². The number of carbonyl (C=O) groups excluding carboxylic acids is 2. The highest BCUT2D eigenvalue weighted by atomic mass is 32.2. The number of sulfonamides is 1. The van der Waals surface area contributed by atoms with Gasteiger partial charge < -0.3 is 0 Å². The number of amides is 2. The Morgan fingerprint density at radius 1 is 1.12 bits per heavy atom. The molecule has 0 fully saturated rings. The van der Waals surface area contributed by atoms with Crippen LogP contribution in [0.15, 0.2) is 29.2 Å². The molecule has 1 heterocycles. The summed E-state index contributed by atoms with van der Waals surface area (Å²) in [5.74, 6) is -1.38. The Hall–Kier alpha value is -1.73. The maximum atomic E-state index is 11.7. The van der Waals surface area contributed by atoms with Crippen molar-refractivity contribution in [3.63, 3.8) is 0 Å². The van der Waals surface area contributed by atoms with Gasteiger partial charge in [-0.2, -0.15) is 0 Å². The second kappa shape index (κ2) is 3.69. The highest BCUT2D eigenvalue weighted by Crippen LogP contribution is 2.15. The first-order valence-corrected chi connectivity index (χ1v) is 5.92. The maximum Gasteiger partial charge on any atom is 0.259 e. The van der Waals surface area contributed by atoms with Crippen LogP contribution in [0.5, 0.6) is 0 Å². The molecule has 0 spiro atoms.